The van der Waals surface area contributed by atoms with Crippen molar-refractivity contribution in [1.29, 1.82) is 0 Å². The van der Waals surface area contributed by atoms with Crippen LogP contribution in [0.2, 0.25) is 0 Å². The second-order valence-electron chi connectivity index (χ2n) is 3.99. The first-order chi connectivity index (χ1) is 8.59. The molecule has 1 amide bonds. The lowest BCUT2D eigenvalue weighted by molar-refractivity contribution is -0.144. The Labute approximate surface area is 111 Å². The predicted molar refractivity (Wildman–Crippen MR) is 65.1 cm³/mol. The average Bonchev–Trinajstić information content (AvgIpc) is 2.30. The predicted octanol–water partition coefficient (Wildman–Crippen LogP) is -1.06. The van der Waals surface area contributed by atoms with Gasteiger partial charge in [0.1, 0.15) is 11.3 Å². The molecule has 19 heavy (non-hydrogen) atoms. The Bertz CT molecular complexity index is 456. The first kappa shape index (κ1) is 17.4. The maximum absolute atomic E-state index is 11.5. The smallest absolute Gasteiger partial charge is 0.326 e. The Morgan fingerprint density at radius 2 is 1.84 bits per heavy atom. The summed E-state index contributed by atoms with van der Waals surface area (Å²) in [5, 5.41) is 9.60. The maximum atomic E-state index is 11.5. The summed E-state index contributed by atoms with van der Waals surface area (Å²) in [5.74, 6) is -2.88. The molecule has 0 aliphatic heterocycles. The lowest BCUT2D eigenvalue weighted by Crippen LogP contribution is -2.46. The number of hydrogen-bond donors (Lipinski definition) is 2. The van der Waals surface area contributed by atoms with Crippen molar-refractivity contribution in [2.45, 2.75) is 31.1 Å². The van der Waals surface area contributed by atoms with Crippen LogP contribution in [0.5, 0.6) is 0 Å². The third-order valence-corrected chi connectivity index (χ3v) is 3.99. The van der Waals surface area contributed by atoms with Crippen molar-refractivity contribution in [1.82, 2.24) is 5.32 Å². The fourth-order valence-corrected chi connectivity index (χ4v) is 1.56. The van der Waals surface area contributed by atoms with E-state index in [1.54, 1.807) is 0 Å². The van der Waals surface area contributed by atoms with Crippen LogP contribution in [0, 0.1) is 0 Å². The van der Waals surface area contributed by atoms with Gasteiger partial charge in [0.25, 0.3) is 0 Å². The van der Waals surface area contributed by atoms with Gasteiger partial charge in [-0.25, -0.2) is 13.2 Å². The van der Waals surface area contributed by atoms with E-state index in [0.29, 0.717) is 0 Å². The maximum Gasteiger partial charge on any atom is 0.326 e. The van der Waals surface area contributed by atoms with E-state index < -0.39 is 39.0 Å². The molecule has 1 unspecified atom stereocenters. The van der Waals surface area contributed by atoms with Crippen LogP contribution in [0.15, 0.2) is 0 Å². The van der Waals surface area contributed by atoms with Crippen molar-refractivity contribution in [2.24, 2.45) is 0 Å². The number of esters is 1. The van der Waals surface area contributed by atoms with E-state index in [1.807, 2.05) is 0 Å². The number of nitrogens with one attached hydrogen (secondary N) is 1. The summed E-state index contributed by atoms with van der Waals surface area (Å²) in [6.45, 7) is 1.16. The second kappa shape index (κ2) is 7.07. The van der Waals surface area contributed by atoms with Gasteiger partial charge < -0.3 is 15.2 Å². The summed E-state index contributed by atoms with van der Waals surface area (Å²) in [6.07, 6.45) is 0.507. The molecule has 0 fully saturated rings. The zero-order chi connectivity index (χ0) is 15.2. The number of rotatable bonds is 7. The highest BCUT2D eigenvalue weighted by Crippen LogP contribution is 2.03. The number of carboxylic acid groups (broad SMARTS) is 1. The minimum atomic E-state index is -3.61. The van der Waals surface area contributed by atoms with Crippen LogP contribution >= 0.6 is 0 Å². The number of sulfone groups is 1. The van der Waals surface area contributed by atoms with E-state index in [1.165, 1.54) is 0 Å². The largest absolute Gasteiger partial charge is 0.480 e. The molecule has 0 aromatic rings. The van der Waals surface area contributed by atoms with Gasteiger partial charge in [-0.15, -0.1) is 0 Å². The van der Waals surface area contributed by atoms with Crippen molar-refractivity contribution in [3.63, 3.8) is 0 Å². The molecule has 0 rings (SSSR count). The van der Waals surface area contributed by atoms with Crippen LogP contribution in [0.4, 0.5) is 0 Å². The summed E-state index contributed by atoms with van der Waals surface area (Å²) in [5.41, 5.74) is 0. The van der Waals surface area contributed by atoms with Crippen molar-refractivity contribution in [2.75, 3.05) is 13.4 Å². The molecule has 0 heterocycles. The van der Waals surface area contributed by atoms with Crippen molar-refractivity contribution < 1.29 is 32.6 Å². The van der Waals surface area contributed by atoms with Crippen LogP contribution in [-0.4, -0.2) is 56.0 Å². The van der Waals surface area contributed by atoms with Gasteiger partial charge >= 0.3 is 11.9 Å². The fraction of sp³-hybridized carbons (Fsp3) is 0.700. The molecule has 0 bridgehead atoms. The fourth-order valence-electron chi connectivity index (χ4n) is 1.11. The summed E-state index contributed by atoms with van der Waals surface area (Å²) >= 11 is 0. The monoisotopic (exact) mass is 295 g/mol. The van der Waals surface area contributed by atoms with Gasteiger partial charge in [-0.3, -0.25) is 9.59 Å². The van der Waals surface area contributed by atoms with Crippen LogP contribution < -0.4 is 5.32 Å². The van der Waals surface area contributed by atoms with Gasteiger partial charge in [0, 0.05) is 12.7 Å². The minimum Gasteiger partial charge on any atom is -0.480 e. The van der Waals surface area contributed by atoms with Crippen molar-refractivity contribution in [3.05, 3.63) is 0 Å². The highest BCUT2D eigenvalue weighted by atomic mass is 32.2. The molecule has 0 saturated heterocycles. The van der Waals surface area contributed by atoms with E-state index in [2.05, 4.69) is 10.1 Å². The van der Waals surface area contributed by atoms with Gasteiger partial charge in [0.05, 0.1) is 7.11 Å². The molecule has 2 atom stereocenters. The molecule has 0 radical (unpaired) electrons. The Balaban J connectivity index is 4.64. The lowest BCUT2D eigenvalue weighted by atomic mass is 10.1. The Hall–Kier alpha value is -1.64. The summed E-state index contributed by atoms with van der Waals surface area (Å²) in [7, 11) is -2.45. The highest BCUT2D eigenvalue weighted by Gasteiger charge is 2.28. The molecular weight excluding hydrogens is 278 g/mol. The number of ether oxygens (including phenoxy) is 1. The second-order valence-corrected chi connectivity index (χ2v) is 6.35. The number of carboxylic acids is 1. The molecule has 110 valence electrons. The number of methoxy groups -OCH3 is 1. The first-order valence-electron chi connectivity index (χ1n) is 5.38. The molecule has 0 aromatic carbocycles. The molecule has 9 heteroatoms. The van der Waals surface area contributed by atoms with E-state index >= 15 is 0 Å². The third kappa shape index (κ3) is 6.18. The number of carbonyl (C=O) groups is 3. The number of carbonyl (C=O) groups excluding carboxylic acids is 2. The topological polar surface area (TPSA) is 127 Å². The lowest BCUT2D eigenvalue weighted by Gasteiger charge is -2.16. The number of hydrogen-bond acceptors (Lipinski definition) is 6. The van der Waals surface area contributed by atoms with Gasteiger partial charge in [-0.05, 0) is 13.3 Å². The molecule has 0 aromatic heterocycles. The molecular formula is C10H17NO7S. The number of aliphatic carboxylic acids is 1. The Morgan fingerprint density at radius 3 is 2.21 bits per heavy atom. The SMILES string of the molecule is COC(=O)CC[C@@H](NC(=O)C(C)S(C)(=O)=O)C(=O)O. The quantitative estimate of drug-likeness (QED) is 0.573. The zero-order valence-corrected chi connectivity index (χ0v) is 11.7. The number of amides is 1. The summed E-state index contributed by atoms with van der Waals surface area (Å²) < 4.78 is 26.7. The van der Waals surface area contributed by atoms with Crippen LogP contribution in [0.3, 0.4) is 0 Å². The summed E-state index contributed by atoms with van der Waals surface area (Å²) in [4.78, 5) is 33.3. The van der Waals surface area contributed by atoms with E-state index in [0.717, 1.165) is 20.3 Å². The normalized spacial score (nSPS) is 14.3. The highest BCUT2D eigenvalue weighted by molar-refractivity contribution is 7.92. The van der Waals surface area contributed by atoms with Crippen LogP contribution in [0.1, 0.15) is 19.8 Å². The van der Waals surface area contributed by atoms with Crippen molar-refractivity contribution >= 4 is 27.7 Å². The Morgan fingerprint density at radius 1 is 1.32 bits per heavy atom. The third-order valence-electron chi connectivity index (χ3n) is 2.49. The molecule has 8 nitrogen and oxygen atoms in total. The minimum absolute atomic E-state index is 0.176. The van der Waals surface area contributed by atoms with Crippen LogP contribution in [-0.2, 0) is 29.0 Å². The van der Waals surface area contributed by atoms with E-state index in [4.69, 9.17) is 5.11 Å². The molecule has 0 spiro atoms. The standard InChI is InChI=1S/C10H17NO7S/c1-6(19(3,16)17)9(13)11-7(10(14)15)4-5-8(12)18-2/h6-7H,4-5H2,1-3H3,(H,11,13)(H,14,15)/t6?,7-/m1/s1. The molecule has 0 aliphatic carbocycles. The van der Waals surface area contributed by atoms with E-state index in [9.17, 15) is 22.8 Å². The average molecular weight is 295 g/mol. The molecule has 2 N–H and O–H groups in total. The van der Waals surface area contributed by atoms with Crippen LogP contribution in [0.25, 0.3) is 0 Å². The van der Waals surface area contributed by atoms with Gasteiger partial charge in [-0.2, -0.15) is 0 Å². The van der Waals surface area contributed by atoms with Gasteiger partial charge in [0.15, 0.2) is 9.84 Å². The van der Waals surface area contributed by atoms with Gasteiger partial charge in [0.2, 0.25) is 5.91 Å². The van der Waals surface area contributed by atoms with Crippen molar-refractivity contribution in [3.8, 4) is 0 Å². The van der Waals surface area contributed by atoms with Gasteiger partial charge in [-0.1, -0.05) is 0 Å². The molecule has 0 saturated carbocycles. The summed E-state index contributed by atoms with van der Waals surface area (Å²) in [6, 6.07) is -1.34. The Kier molecular flexibility index (Phi) is 6.46. The zero-order valence-electron chi connectivity index (χ0n) is 10.9. The molecule has 0 aliphatic rings. The van der Waals surface area contributed by atoms with E-state index in [-0.39, 0.29) is 12.8 Å². The first-order valence-corrected chi connectivity index (χ1v) is 7.34.